The molecular formula is C24H23ClN2O4. The first-order chi connectivity index (χ1) is 15.0. The van der Waals surface area contributed by atoms with Gasteiger partial charge in [-0.15, -0.1) is 0 Å². The fraction of sp³-hybridized carbons (Fsp3) is 0.167. The normalized spacial score (nSPS) is 10.3. The summed E-state index contributed by atoms with van der Waals surface area (Å²) in [4.78, 5) is 24.3. The Kier molecular flexibility index (Phi) is 7.90. The number of benzene rings is 3. The molecule has 0 aromatic heterocycles. The Balaban J connectivity index is 1.41. The molecule has 6 nitrogen and oxygen atoms in total. The van der Waals surface area contributed by atoms with E-state index in [4.69, 9.17) is 21.1 Å². The van der Waals surface area contributed by atoms with Crippen molar-refractivity contribution in [1.29, 1.82) is 0 Å². The van der Waals surface area contributed by atoms with Crippen molar-refractivity contribution >= 4 is 23.4 Å². The Labute approximate surface area is 186 Å². The lowest BCUT2D eigenvalue weighted by molar-refractivity contribution is -0.123. The van der Waals surface area contributed by atoms with E-state index in [1.165, 1.54) is 0 Å². The lowest BCUT2D eigenvalue weighted by Crippen LogP contribution is -2.28. The molecule has 3 rings (SSSR count). The van der Waals surface area contributed by atoms with Crippen LogP contribution in [-0.2, 0) is 17.9 Å². The molecule has 3 aromatic rings. The Morgan fingerprint density at radius 2 is 1.32 bits per heavy atom. The number of hydrogen-bond donors (Lipinski definition) is 2. The number of hydrogen-bond acceptors (Lipinski definition) is 4. The van der Waals surface area contributed by atoms with Gasteiger partial charge in [-0.3, -0.25) is 9.59 Å². The molecule has 0 aliphatic carbocycles. The van der Waals surface area contributed by atoms with Gasteiger partial charge in [0.2, 0.25) is 0 Å². The highest BCUT2D eigenvalue weighted by Crippen LogP contribution is 2.14. The summed E-state index contributed by atoms with van der Waals surface area (Å²) in [5.74, 6) is 0.844. The second-order valence-electron chi connectivity index (χ2n) is 6.75. The summed E-state index contributed by atoms with van der Waals surface area (Å²) in [6.07, 6.45) is 0. The molecule has 0 radical (unpaired) electrons. The van der Waals surface area contributed by atoms with Gasteiger partial charge in [0.25, 0.3) is 11.8 Å². The highest BCUT2D eigenvalue weighted by Gasteiger charge is 2.07. The van der Waals surface area contributed by atoms with Gasteiger partial charge in [-0.25, -0.2) is 0 Å². The van der Waals surface area contributed by atoms with Gasteiger partial charge in [-0.2, -0.15) is 0 Å². The van der Waals surface area contributed by atoms with Gasteiger partial charge in [-0.1, -0.05) is 35.9 Å². The molecule has 7 heteroatoms. The summed E-state index contributed by atoms with van der Waals surface area (Å²) < 4.78 is 10.6. The van der Waals surface area contributed by atoms with E-state index >= 15 is 0 Å². The Bertz CT molecular complexity index is 1000. The maximum Gasteiger partial charge on any atom is 0.258 e. The highest BCUT2D eigenvalue weighted by atomic mass is 35.5. The molecule has 0 heterocycles. The molecule has 0 spiro atoms. The second-order valence-corrected chi connectivity index (χ2v) is 7.18. The van der Waals surface area contributed by atoms with Crippen LogP contribution in [-0.4, -0.2) is 25.5 Å². The zero-order chi connectivity index (χ0) is 22.1. The fourth-order valence-electron chi connectivity index (χ4n) is 2.73. The Morgan fingerprint density at radius 1 is 0.774 bits per heavy atom. The third-order valence-electron chi connectivity index (χ3n) is 4.50. The van der Waals surface area contributed by atoms with Crippen LogP contribution in [0.25, 0.3) is 0 Å². The summed E-state index contributed by atoms with van der Waals surface area (Å²) in [5, 5.41) is 6.29. The summed E-state index contributed by atoms with van der Waals surface area (Å²) in [6, 6.07) is 21.4. The van der Waals surface area contributed by atoms with Crippen LogP contribution in [0, 0.1) is 0 Å². The number of halogens is 1. The maximum absolute atomic E-state index is 12.3. The van der Waals surface area contributed by atoms with Crippen LogP contribution in [0.4, 0.5) is 0 Å². The summed E-state index contributed by atoms with van der Waals surface area (Å²) >= 11 is 5.84. The van der Waals surface area contributed by atoms with E-state index < -0.39 is 0 Å². The van der Waals surface area contributed by atoms with Crippen molar-refractivity contribution in [2.24, 2.45) is 0 Å². The van der Waals surface area contributed by atoms with Crippen LogP contribution in [0.3, 0.4) is 0 Å². The molecule has 3 aromatic carbocycles. The summed E-state index contributed by atoms with van der Waals surface area (Å²) in [7, 11) is 1.61. The average Bonchev–Trinajstić information content (AvgIpc) is 2.81. The van der Waals surface area contributed by atoms with Gasteiger partial charge in [0.05, 0.1) is 7.11 Å². The standard InChI is InChI=1S/C24H23ClN2O4/c1-30-21-10-4-18(5-11-21)15-27-24(29)19-6-12-22(13-7-19)31-16-23(28)26-14-17-2-8-20(25)9-3-17/h2-13H,14-16H2,1H3,(H,26,28)(H,27,29). The predicted octanol–water partition coefficient (Wildman–Crippen LogP) is 3.97. The lowest BCUT2D eigenvalue weighted by Gasteiger charge is -2.09. The van der Waals surface area contributed by atoms with Crippen molar-refractivity contribution in [3.8, 4) is 11.5 Å². The number of carbonyl (C=O) groups excluding carboxylic acids is 2. The molecule has 2 N–H and O–H groups in total. The number of carbonyl (C=O) groups is 2. The van der Waals surface area contributed by atoms with Gasteiger partial charge in [0.1, 0.15) is 11.5 Å². The molecular weight excluding hydrogens is 416 g/mol. The monoisotopic (exact) mass is 438 g/mol. The molecule has 2 amide bonds. The number of rotatable bonds is 9. The van der Waals surface area contributed by atoms with E-state index in [0.717, 1.165) is 16.9 Å². The molecule has 0 aliphatic rings. The van der Waals surface area contributed by atoms with E-state index in [2.05, 4.69) is 10.6 Å². The predicted molar refractivity (Wildman–Crippen MR) is 119 cm³/mol. The third kappa shape index (κ3) is 7.04. The van der Waals surface area contributed by atoms with Crippen LogP contribution in [0.5, 0.6) is 11.5 Å². The molecule has 0 atom stereocenters. The zero-order valence-corrected chi connectivity index (χ0v) is 17.8. The van der Waals surface area contributed by atoms with Gasteiger partial charge >= 0.3 is 0 Å². The molecule has 0 fully saturated rings. The van der Waals surface area contributed by atoms with Crippen LogP contribution >= 0.6 is 11.6 Å². The van der Waals surface area contributed by atoms with Crippen molar-refractivity contribution in [3.63, 3.8) is 0 Å². The maximum atomic E-state index is 12.3. The zero-order valence-electron chi connectivity index (χ0n) is 17.1. The largest absolute Gasteiger partial charge is 0.497 e. The minimum Gasteiger partial charge on any atom is -0.497 e. The number of amides is 2. The van der Waals surface area contributed by atoms with E-state index in [-0.39, 0.29) is 18.4 Å². The van der Waals surface area contributed by atoms with Gasteiger partial charge in [0.15, 0.2) is 6.61 Å². The van der Waals surface area contributed by atoms with E-state index in [1.807, 2.05) is 36.4 Å². The van der Waals surface area contributed by atoms with Gasteiger partial charge in [0, 0.05) is 23.7 Å². The van der Waals surface area contributed by atoms with Crippen LogP contribution in [0.15, 0.2) is 72.8 Å². The Morgan fingerprint density at radius 3 is 1.94 bits per heavy atom. The van der Waals surface area contributed by atoms with Crippen molar-refractivity contribution < 1.29 is 19.1 Å². The molecule has 31 heavy (non-hydrogen) atoms. The quantitative estimate of drug-likeness (QED) is 0.530. The number of ether oxygens (including phenoxy) is 2. The van der Waals surface area contributed by atoms with Crippen molar-refractivity contribution in [2.45, 2.75) is 13.1 Å². The van der Waals surface area contributed by atoms with Crippen LogP contribution < -0.4 is 20.1 Å². The number of methoxy groups -OCH3 is 1. The minimum atomic E-state index is -0.240. The van der Waals surface area contributed by atoms with E-state index in [0.29, 0.717) is 29.4 Å². The van der Waals surface area contributed by atoms with Gasteiger partial charge < -0.3 is 20.1 Å². The van der Waals surface area contributed by atoms with E-state index in [1.54, 1.807) is 43.5 Å². The molecule has 0 saturated carbocycles. The lowest BCUT2D eigenvalue weighted by atomic mass is 10.2. The fourth-order valence-corrected chi connectivity index (χ4v) is 2.86. The molecule has 0 bridgehead atoms. The number of nitrogens with one attached hydrogen (secondary N) is 2. The van der Waals surface area contributed by atoms with E-state index in [9.17, 15) is 9.59 Å². The molecule has 0 saturated heterocycles. The first-order valence-corrected chi connectivity index (χ1v) is 10.1. The molecule has 0 unspecified atom stereocenters. The minimum absolute atomic E-state index is 0.114. The summed E-state index contributed by atoms with van der Waals surface area (Å²) in [5.41, 5.74) is 2.43. The van der Waals surface area contributed by atoms with Crippen molar-refractivity contribution in [2.75, 3.05) is 13.7 Å². The molecule has 160 valence electrons. The SMILES string of the molecule is COc1ccc(CNC(=O)c2ccc(OCC(=O)NCc3ccc(Cl)cc3)cc2)cc1. The smallest absolute Gasteiger partial charge is 0.258 e. The first kappa shape index (κ1) is 22.2. The summed E-state index contributed by atoms with van der Waals surface area (Å²) in [6.45, 7) is 0.693. The average molecular weight is 439 g/mol. The highest BCUT2D eigenvalue weighted by molar-refractivity contribution is 6.30. The van der Waals surface area contributed by atoms with Crippen LogP contribution in [0.2, 0.25) is 5.02 Å². The van der Waals surface area contributed by atoms with Crippen molar-refractivity contribution in [3.05, 3.63) is 94.5 Å². The molecule has 0 aliphatic heterocycles. The Hall–Kier alpha value is -3.51. The van der Waals surface area contributed by atoms with Crippen molar-refractivity contribution in [1.82, 2.24) is 10.6 Å². The third-order valence-corrected chi connectivity index (χ3v) is 4.75. The second kappa shape index (κ2) is 11.0. The topological polar surface area (TPSA) is 76.7 Å². The first-order valence-electron chi connectivity index (χ1n) is 9.68. The van der Waals surface area contributed by atoms with Gasteiger partial charge in [-0.05, 0) is 59.7 Å². The van der Waals surface area contributed by atoms with Crippen LogP contribution in [0.1, 0.15) is 21.5 Å².